The number of unbranched alkanes of at least 4 members (excludes halogenated alkanes) is 4. The Morgan fingerprint density at radius 1 is 0.400 bits per heavy atom. The van der Waals surface area contributed by atoms with Gasteiger partial charge in [0.2, 0.25) is 0 Å². The van der Waals surface area contributed by atoms with E-state index >= 15 is 0 Å². The average Bonchev–Trinajstić information content (AvgIpc) is 3.26. The summed E-state index contributed by atoms with van der Waals surface area (Å²) in [6.07, 6.45) is 33.0. The topological polar surface area (TPSA) is 129 Å². The van der Waals surface area contributed by atoms with E-state index in [9.17, 15) is 0 Å². The van der Waals surface area contributed by atoms with Gasteiger partial charge in [0.05, 0.1) is 52.4 Å². The summed E-state index contributed by atoms with van der Waals surface area (Å²) in [7, 11) is 0. The van der Waals surface area contributed by atoms with Crippen LogP contribution >= 0.6 is 0 Å². The van der Waals surface area contributed by atoms with E-state index in [2.05, 4.69) is 125 Å². The van der Waals surface area contributed by atoms with Gasteiger partial charge < -0.3 is 20.4 Å². The normalized spacial score (nSPS) is 15.4. The van der Waals surface area contributed by atoms with Crippen LogP contribution in [-0.2, 0) is 13.1 Å². The lowest BCUT2D eigenvalue weighted by atomic mass is 10.1. The Hall–Kier alpha value is -5.26. The zero-order valence-corrected chi connectivity index (χ0v) is 37.3. The fourth-order valence-electron chi connectivity index (χ4n) is 5.93. The molecule has 12 heteroatoms. The van der Waals surface area contributed by atoms with Gasteiger partial charge in [-0.25, -0.2) is 0 Å². The highest BCUT2D eigenvalue weighted by atomic mass is 15.1. The van der Waals surface area contributed by atoms with Crippen molar-refractivity contribution in [3.05, 3.63) is 82.5 Å². The molecule has 0 saturated heterocycles. The summed E-state index contributed by atoms with van der Waals surface area (Å²) in [4.78, 5) is 41.9. The molecule has 0 radical (unpaired) electrons. The number of hydrogen-bond acceptors (Lipinski definition) is 12. The third kappa shape index (κ3) is 24.0. The van der Waals surface area contributed by atoms with Gasteiger partial charge in [-0.3, -0.25) is 39.9 Å². The summed E-state index contributed by atoms with van der Waals surface area (Å²) >= 11 is 0. The lowest BCUT2D eigenvalue weighted by Gasteiger charge is -2.20. The first-order chi connectivity index (χ1) is 29.6. The summed E-state index contributed by atoms with van der Waals surface area (Å²) in [6, 6.07) is 8.60. The predicted octanol–water partition coefficient (Wildman–Crippen LogP) is 7.80. The first kappa shape index (κ1) is 49.1. The number of nitrogens with zero attached hydrogens (tertiary/aromatic N) is 10. The lowest BCUT2D eigenvalue weighted by molar-refractivity contribution is 0.359. The van der Waals surface area contributed by atoms with E-state index < -0.39 is 0 Å². The minimum Gasteiger partial charge on any atom is -0.386 e. The van der Waals surface area contributed by atoms with Gasteiger partial charge >= 0.3 is 0 Å². The van der Waals surface area contributed by atoms with E-state index in [-0.39, 0.29) is 0 Å². The maximum Gasteiger partial charge on any atom is 0.0585 e. The van der Waals surface area contributed by atoms with Crippen LogP contribution in [0.5, 0.6) is 0 Å². The summed E-state index contributed by atoms with van der Waals surface area (Å²) in [5, 5.41) is 6.86. The number of allylic oxidation sites excluding steroid dienone is 4. The molecule has 12 nitrogen and oxygen atoms in total. The minimum absolute atomic E-state index is 0.605. The third-order valence-electron chi connectivity index (χ3n) is 9.39. The Labute approximate surface area is 362 Å². The molecule has 2 heterocycles. The summed E-state index contributed by atoms with van der Waals surface area (Å²) < 4.78 is 0. The van der Waals surface area contributed by atoms with Crippen LogP contribution in [0.3, 0.4) is 0 Å². The lowest BCUT2D eigenvalue weighted by Crippen LogP contribution is -2.21. The predicted molar refractivity (Wildman–Crippen MR) is 262 cm³/mol. The maximum atomic E-state index is 4.65. The highest BCUT2D eigenvalue weighted by Crippen LogP contribution is 2.07. The molecule has 0 amide bonds. The SMILES string of the molecule is CCCCN(C=C1C=NCCN=CC(=CNCc2ccc(CNC=C3C=NCCN=CC(=CN(CCCC)CCCC)C=NCCN=C3)cc2)C=NCCN=C1)CCCC. The average molecular weight is 819 g/mol. The van der Waals surface area contributed by atoms with E-state index in [0.29, 0.717) is 65.4 Å². The molecule has 0 aromatic heterocycles. The van der Waals surface area contributed by atoms with Crippen LogP contribution in [0.1, 0.15) is 90.2 Å². The van der Waals surface area contributed by atoms with E-state index in [4.69, 9.17) is 0 Å². The van der Waals surface area contributed by atoms with Crippen molar-refractivity contribution in [1.29, 1.82) is 0 Å². The monoisotopic (exact) mass is 819 g/mol. The van der Waals surface area contributed by atoms with Crippen LogP contribution in [0.4, 0.5) is 0 Å². The van der Waals surface area contributed by atoms with E-state index in [0.717, 1.165) is 48.5 Å². The standard InChI is InChI=1S/C48H74N12/c1-5-9-25-59(26-10-6-2)41-47-37-53-21-17-49-31-45(32-50-18-22-54-38-47)35-57-29-43-13-15-44(16-14-43)30-58-36-46-33-51-19-23-55-39-48(40-56-24-20-52-34-46)42-60(27-11-7-3)28-12-8-4/h13-16,31-42,57-58H,5-12,17-30H2,1-4H3. The number of benzene rings is 1. The van der Waals surface area contributed by atoms with Crippen molar-refractivity contribution < 1.29 is 0 Å². The number of rotatable bonds is 20. The van der Waals surface area contributed by atoms with Crippen molar-refractivity contribution in [3.8, 4) is 0 Å². The Bertz CT molecular complexity index is 1470. The number of hydrogen-bond donors (Lipinski definition) is 2. The Morgan fingerprint density at radius 2 is 0.650 bits per heavy atom. The molecule has 2 aliphatic rings. The van der Waals surface area contributed by atoms with E-state index in [1.54, 1.807) is 0 Å². The van der Waals surface area contributed by atoms with Crippen LogP contribution in [0.15, 0.2) is 111 Å². The van der Waals surface area contributed by atoms with Gasteiger partial charge in [-0.1, -0.05) is 77.6 Å². The molecule has 1 aromatic carbocycles. The first-order valence-corrected chi connectivity index (χ1v) is 22.5. The van der Waals surface area contributed by atoms with Gasteiger partial charge in [0.1, 0.15) is 0 Å². The molecule has 2 N–H and O–H groups in total. The van der Waals surface area contributed by atoms with Crippen molar-refractivity contribution in [3.63, 3.8) is 0 Å². The molecular weight excluding hydrogens is 745 g/mol. The molecule has 0 unspecified atom stereocenters. The quantitative estimate of drug-likeness (QED) is 0.139. The minimum atomic E-state index is 0.605. The zero-order chi connectivity index (χ0) is 42.6. The van der Waals surface area contributed by atoms with Gasteiger partial charge in [-0.05, 0) is 36.8 Å². The summed E-state index contributed by atoms with van der Waals surface area (Å²) in [5.41, 5.74) is 6.24. The fraction of sp³-hybridized carbons (Fsp3) is 0.542. The molecule has 0 aliphatic carbocycles. The van der Waals surface area contributed by atoms with E-state index in [1.165, 1.54) is 62.5 Å². The molecular formula is C48H74N12. The van der Waals surface area contributed by atoms with Crippen molar-refractivity contribution in [2.75, 3.05) is 78.5 Å². The number of aliphatic imine (C=N–C) groups is 8. The molecule has 1 aromatic rings. The Kier molecular flexibility index (Phi) is 27.5. The Morgan fingerprint density at radius 3 is 0.900 bits per heavy atom. The second-order valence-corrected chi connectivity index (χ2v) is 14.9. The fourth-order valence-corrected chi connectivity index (χ4v) is 5.93. The molecule has 0 saturated carbocycles. The van der Waals surface area contributed by atoms with Crippen LogP contribution in [0, 0.1) is 0 Å². The van der Waals surface area contributed by atoms with Gasteiger partial charge in [0.25, 0.3) is 0 Å². The summed E-state index contributed by atoms with van der Waals surface area (Å²) in [6.45, 7) is 19.4. The van der Waals surface area contributed by atoms with Crippen LogP contribution < -0.4 is 10.6 Å². The zero-order valence-electron chi connectivity index (χ0n) is 37.3. The molecule has 2 aliphatic heterocycles. The smallest absolute Gasteiger partial charge is 0.0585 e. The summed E-state index contributed by atoms with van der Waals surface area (Å²) in [5.74, 6) is 0. The second-order valence-electron chi connectivity index (χ2n) is 14.9. The Balaban J connectivity index is 1.49. The highest BCUT2D eigenvalue weighted by Gasteiger charge is 2.03. The highest BCUT2D eigenvalue weighted by molar-refractivity contribution is 6.05. The van der Waals surface area contributed by atoms with Crippen molar-refractivity contribution in [2.24, 2.45) is 39.9 Å². The largest absolute Gasteiger partial charge is 0.386 e. The molecule has 0 fully saturated rings. The molecule has 0 spiro atoms. The van der Waals surface area contributed by atoms with Gasteiger partial charge in [0, 0.05) is 136 Å². The van der Waals surface area contributed by atoms with E-state index in [1.807, 2.05) is 62.1 Å². The van der Waals surface area contributed by atoms with Gasteiger partial charge in [0.15, 0.2) is 0 Å². The third-order valence-corrected chi connectivity index (χ3v) is 9.39. The first-order valence-electron chi connectivity index (χ1n) is 22.5. The van der Waals surface area contributed by atoms with Gasteiger partial charge in [-0.2, -0.15) is 0 Å². The van der Waals surface area contributed by atoms with Crippen LogP contribution in [-0.4, -0.2) is 138 Å². The molecule has 3 rings (SSSR count). The van der Waals surface area contributed by atoms with Crippen molar-refractivity contribution >= 4 is 49.7 Å². The number of nitrogens with one attached hydrogen (secondary N) is 2. The van der Waals surface area contributed by atoms with Gasteiger partial charge in [-0.15, -0.1) is 0 Å². The van der Waals surface area contributed by atoms with Crippen molar-refractivity contribution in [2.45, 2.75) is 92.2 Å². The molecule has 60 heavy (non-hydrogen) atoms. The molecule has 326 valence electrons. The van der Waals surface area contributed by atoms with Crippen LogP contribution in [0.25, 0.3) is 0 Å². The van der Waals surface area contributed by atoms with Crippen LogP contribution in [0.2, 0.25) is 0 Å². The van der Waals surface area contributed by atoms with Crippen molar-refractivity contribution in [1.82, 2.24) is 20.4 Å². The molecule has 0 bridgehead atoms. The second kappa shape index (κ2) is 33.6. The molecule has 0 atom stereocenters. The maximum absolute atomic E-state index is 4.65.